The van der Waals surface area contributed by atoms with Crippen LogP contribution < -0.4 is 25.8 Å². The predicted octanol–water partition coefficient (Wildman–Crippen LogP) is 5.06. The number of benzene rings is 2. The van der Waals surface area contributed by atoms with E-state index in [-0.39, 0.29) is 18.5 Å². The van der Waals surface area contributed by atoms with Crippen LogP contribution in [0.2, 0.25) is 0 Å². The van der Waals surface area contributed by atoms with Crippen molar-refractivity contribution >= 4 is 29.5 Å². The lowest BCUT2D eigenvalue weighted by molar-refractivity contribution is -0.270. The first-order valence-electron chi connectivity index (χ1n) is 14.4. The summed E-state index contributed by atoms with van der Waals surface area (Å²) in [5, 5.41) is 24.7. The van der Waals surface area contributed by atoms with Gasteiger partial charge in [0.1, 0.15) is 23.4 Å². The minimum atomic E-state index is -1.40. The number of anilines is 2. The van der Waals surface area contributed by atoms with Gasteiger partial charge in [-0.15, -0.1) is 0 Å². The van der Waals surface area contributed by atoms with E-state index in [9.17, 15) is 19.5 Å². The normalized spacial score (nSPS) is 11.4. The number of carbonyl (C=O) groups is 3. The molecule has 0 atom stereocenters. The standard InChI is InChI=1S/C33H39N7O5/c1-32(2,3)27-19-28(37-30(42)36-23-9-13-25(14-10-23)45-26-15-17-34-18-16-26)40(38-27)24-11-7-22(8-12-24)20-35-29(41)21-39(31(43)44)33(4,5)6/h7-19H,20-21H2,1-6H3,(H,35,41)(H,43,44)(H2,36,37,42)/p-1. The van der Waals surface area contributed by atoms with Gasteiger partial charge in [-0.3, -0.25) is 15.1 Å². The summed E-state index contributed by atoms with van der Waals surface area (Å²) in [7, 11) is 0. The molecule has 0 spiro atoms. The maximum atomic E-state index is 13.0. The Kier molecular flexibility index (Phi) is 9.75. The monoisotopic (exact) mass is 612 g/mol. The maximum absolute atomic E-state index is 13.0. The second-order valence-electron chi connectivity index (χ2n) is 12.4. The predicted molar refractivity (Wildman–Crippen MR) is 169 cm³/mol. The van der Waals surface area contributed by atoms with E-state index in [1.807, 2.05) is 51.1 Å². The molecule has 2 aromatic carbocycles. The average molecular weight is 613 g/mol. The summed E-state index contributed by atoms with van der Waals surface area (Å²) in [6.07, 6.45) is 1.88. The first kappa shape index (κ1) is 32.5. The van der Waals surface area contributed by atoms with E-state index >= 15 is 0 Å². The Morgan fingerprint density at radius 3 is 2.07 bits per heavy atom. The van der Waals surface area contributed by atoms with Crippen LogP contribution in [0.15, 0.2) is 79.1 Å². The third-order valence-corrected chi connectivity index (χ3v) is 6.72. The highest BCUT2D eigenvalue weighted by atomic mass is 16.5. The number of amides is 4. The fraction of sp³-hybridized carbons (Fsp3) is 0.303. The van der Waals surface area contributed by atoms with Crippen molar-refractivity contribution in [3.63, 3.8) is 0 Å². The molecule has 0 radical (unpaired) electrons. The van der Waals surface area contributed by atoms with Gasteiger partial charge in [-0.25, -0.2) is 9.48 Å². The number of nitrogens with one attached hydrogen (secondary N) is 3. The summed E-state index contributed by atoms with van der Waals surface area (Å²) in [6, 6.07) is 19.2. The number of ether oxygens (including phenoxy) is 1. The first-order chi connectivity index (χ1) is 21.2. The highest BCUT2D eigenvalue weighted by molar-refractivity contribution is 5.99. The van der Waals surface area contributed by atoms with Gasteiger partial charge in [-0.1, -0.05) is 32.9 Å². The fourth-order valence-corrected chi connectivity index (χ4v) is 4.19. The number of rotatable bonds is 9. The lowest BCUT2D eigenvalue weighted by atomic mass is 9.92. The van der Waals surface area contributed by atoms with E-state index in [1.165, 1.54) is 0 Å². The van der Waals surface area contributed by atoms with Crippen LogP contribution in [0, 0.1) is 0 Å². The molecule has 0 aliphatic rings. The first-order valence-corrected chi connectivity index (χ1v) is 14.4. The van der Waals surface area contributed by atoms with Crippen molar-refractivity contribution in [1.29, 1.82) is 0 Å². The Morgan fingerprint density at radius 1 is 0.867 bits per heavy atom. The topological polar surface area (TPSA) is 154 Å². The molecule has 0 unspecified atom stereocenters. The third-order valence-electron chi connectivity index (χ3n) is 6.72. The van der Waals surface area contributed by atoms with Crippen molar-refractivity contribution < 1.29 is 24.2 Å². The molecule has 236 valence electrons. The molecule has 0 fully saturated rings. The van der Waals surface area contributed by atoms with Crippen molar-refractivity contribution in [2.24, 2.45) is 0 Å². The molecule has 12 heteroatoms. The number of aromatic nitrogens is 3. The second-order valence-corrected chi connectivity index (χ2v) is 12.4. The van der Waals surface area contributed by atoms with Gasteiger partial charge in [0.15, 0.2) is 0 Å². The van der Waals surface area contributed by atoms with Crippen LogP contribution in [0.1, 0.15) is 52.8 Å². The summed E-state index contributed by atoms with van der Waals surface area (Å²) in [5.74, 6) is 1.31. The maximum Gasteiger partial charge on any atom is 0.324 e. The summed E-state index contributed by atoms with van der Waals surface area (Å²) in [5.41, 5.74) is 1.81. The number of hydrogen-bond acceptors (Lipinski definition) is 7. The lowest BCUT2D eigenvalue weighted by Crippen LogP contribution is -2.54. The van der Waals surface area contributed by atoms with Crippen molar-refractivity contribution in [1.82, 2.24) is 25.0 Å². The Labute approximate surface area is 262 Å². The van der Waals surface area contributed by atoms with Crippen molar-refractivity contribution in [2.45, 2.75) is 59.0 Å². The summed E-state index contributed by atoms with van der Waals surface area (Å²) in [4.78, 5) is 41.8. The number of carboxylic acid groups (broad SMARTS) is 1. The molecule has 0 saturated heterocycles. The molecular formula is C33H38N7O5-. The molecule has 0 aliphatic heterocycles. The molecule has 0 aliphatic carbocycles. The minimum Gasteiger partial charge on any atom is -0.530 e. The molecule has 0 bridgehead atoms. The van der Waals surface area contributed by atoms with E-state index in [0.717, 1.165) is 16.2 Å². The highest BCUT2D eigenvalue weighted by Crippen LogP contribution is 2.27. The smallest absolute Gasteiger partial charge is 0.324 e. The van der Waals surface area contributed by atoms with Gasteiger partial charge in [-0.05, 0) is 74.9 Å². The molecular weight excluding hydrogens is 574 g/mol. The molecule has 12 nitrogen and oxygen atoms in total. The van der Waals surface area contributed by atoms with Crippen LogP contribution in [0.3, 0.4) is 0 Å². The van der Waals surface area contributed by atoms with E-state index in [0.29, 0.717) is 28.7 Å². The van der Waals surface area contributed by atoms with E-state index in [1.54, 1.807) is 74.2 Å². The zero-order valence-corrected chi connectivity index (χ0v) is 26.2. The fourth-order valence-electron chi connectivity index (χ4n) is 4.19. The largest absolute Gasteiger partial charge is 0.530 e. The van der Waals surface area contributed by atoms with Crippen LogP contribution in [0.4, 0.5) is 21.1 Å². The van der Waals surface area contributed by atoms with Crippen LogP contribution in [-0.4, -0.2) is 49.8 Å². The van der Waals surface area contributed by atoms with Gasteiger partial charge in [0.25, 0.3) is 0 Å². The van der Waals surface area contributed by atoms with Crippen LogP contribution in [-0.2, 0) is 16.8 Å². The Morgan fingerprint density at radius 2 is 1.49 bits per heavy atom. The molecule has 0 saturated carbocycles. The third kappa shape index (κ3) is 9.05. The van der Waals surface area contributed by atoms with Crippen LogP contribution >= 0.6 is 0 Å². The summed E-state index contributed by atoms with van der Waals surface area (Å²) in [6.45, 7) is 11.1. The molecule has 4 rings (SSSR count). The van der Waals surface area contributed by atoms with E-state index in [2.05, 4.69) is 20.9 Å². The lowest BCUT2D eigenvalue weighted by Gasteiger charge is -2.37. The van der Waals surface area contributed by atoms with E-state index in [4.69, 9.17) is 9.84 Å². The van der Waals surface area contributed by atoms with Crippen LogP contribution in [0.5, 0.6) is 11.5 Å². The molecule has 4 amide bonds. The number of pyridine rings is 1. The number of hydrogen-bond donors (Lipinski definition) is 3. The Hall–Kier alpha value is -5.39. The van der Waals surface area contributed by atoms with Crippen molar-refractivity contribution in [3.05, 3.63) is 90.4 Å². The number of carbonyl (C=O) groups excluding carboxylic acids is 3. The van der Waals surface area contributed by atoms with Gasteiger partial charge in [-0.2, -0.15) is 5.10 Å². The zero-order chi connectivity index (χ0) is 32.8. The average Bonchev–Trinajstić information content (AvgIpc) is 3.40. The molecule has 3 N–H and O–H groups in total. The zero-order valence-electron chi connectivity index (χ0n) is 26.2. The van der Waals surface area contributed by atoms with Gasteiger partial charge in [0, 0.05) is 41.6 Å². The number of urea groups is 1. The SMILES string of the molecule is CC(C)(C)c1cc(NC(=O)Nc2ccc(Oc3ccncc3)cc2)n(-c2ccc(CNC(=O)CN(C(=O)[O-])C(C)(C)C)cc2)n1. The van der Waals surface area contributed by atoms with E-state index < -0.39 is 23.6 Å². The van der Waals surface area contributed by atoms with Gasteiger partial charge < -0.3 is 30.2 Å². The minimum absolute atomic E-state index is 0.205. The van der Waals surface area contributed by atoms with Crippen molar-refractivity contribution in [3.8, 4) is 17.2 Å². The second kappa shape index (κ2) is 13.5. The molecule has 4 aromatic rings. The highest BCUT2D eigenvalue weighted by Gasteiger charge is 2.24. The molecule has 2 aromatic heterocycles. The van der Waals surface area contributed by atoms with Crippen LogP contribution in [0.25, 0.3) is 5.69 Å². The van der Waals surface area contributed by atoms with Gasteiger partial charge in [0.05, 0.1) is 17.9 Å². The Bertz CT molecular complexity index is 1620. The quantitative estimate of drug-likeness (QED) is 0.239. The number of nitrogens with zero attached hydrogens (tertiary/aromatic N) is 4. The Balaban J connectivity index is 1.42. The van der Waals surface area contributed by atoms with Gasteiger partial charge >= 0.3 is 6.03 Å². The summed E-state index contributed by atoms with van der Waals surface area (Å²) < 4.78 is 7.43. The molecule has 45 heavy (non-hydrogen) atoms. The molecule has 2 heterocycles. The summed E-state index contributed by atoms with van der Waals surface area (Å²) >= 11 is 0. The van der Waals surface area contributed by atoms with Crippen molar-refractivity contribution in [2.75, 3.05) is 17.2 Å². The van der Waals surface area contributed by atoms with Gasteiger partial charge in [0.2, 0.25) is 5.91 Å².